The molecule has 0 bridgehead atoms. The fourth-order valence-corrected chi connectivity index (χ4v) is 3.39. The quantitative estimate of drug-likeness (QED) is 0.422. The normalized spacial score (nSPS) is 14.2. The van der Waals surface area contributed by atoms with Crippen LogP contribution in [0.3, 0.4) is 0 Å². The van der Waals surface area contributed by atoms with Gasteiger partial charge in [-0.05, 0) is 29.5 Å². The number of fused-ring (bicyclic) bond motifs is 1. The molecule has 0 saturated heterocycles. The molecular formula is C26H28N4O2. The summed E-state index contributed by atoms with van der Waals surface area (Å²) in [6, 6.07) is 16.7. The van der Waals surface area contributed by atoms with Crippen molar-refractivity contribution in [2.45, 2.75) is 46.0 Å². The molecule has 0 aromatic heterocycles. The highest BCUT2D eigenvalue weighted by Crippen LogP contribution is 2.30. The van der Waals surface area contributed by atoms with Crippen molar-refractivity contribution in [3.63, 3.8) is 0 Å². The third kappa shape index (κ3) is 4.94. The predicted octanol–water partition coefficient (Wildman–Crippen LogP) is 4.33. The van der Waals surface area contributed by atoms with E-state index in [0.717, 1.165) is 18.4 Å². The summed E-state index contributed by atoms with van der Waals surface area (Å²) < 4.78 is 0. The van der Waals surface area contributed by atoms with Crippen LogP contribution in [0.15, 0.2) is 59.1 Å². The van der Waals surface area contributed by atoms with Gasteiger partial charge in [-0.2, -0.15) is 5.26 Å². The van der Waals surface area contributed by atoms with Crippen LogP contribution < -0.4 is 10.6 Å². The van der Waals surface area contributed by atoms with Gasteiger partial charge in [-0.3, -0.25) is 9.59 Å². The van der Waals surface area contributed by atoms with E-state index in [2.05, 4.69) is 36.4 Å². The Hall–Kier alpha value is -3.72. The van der Waals surface area contributed by atoms with E-state index < -0.39 is 5.91 Å². The second-order valence-corrected chi connectivity index (χ2v) is 8.73. The van der Waals surface area contributed by atoms with Crippen molar-refractivity contribution in [3.8, 4) is 6.07 Å². The third-order valence-corrected chi connectivity index (χ3v) is 5.30. The molecule has 0 unspecified atom stereocenters. The van der Waals surface area contributed by atoms with Crippen LogP contribution in [-0.2, 0) is 10.2 Å². The van der Waals surface area contributed by atoms with Crippen molar-refractivity contribution in [3.05, 3.63) is 76.4 Å². The summed E-state index contributed by atoms with van der Waals surface area (Å²) in [7, 11) is 0. The lowest BCUT2D eigenvalue weighted by atomic mass is 9.87. The summed E-state index contributed by atoms with van der Waals surface area (Å²) in [6.45, 7) is 8.87. The predicted molar refractivity (Wildman–Crippen MR) is 126 cm³/mol. The number of nitrogens with one attached hydrogen (secondary N) is 2. The number of rotatable bonds is 5. The maximum absolute atomic E-state index is 12.9. The number of aliphatic imine (C=N–C) groups is 1. The Labute approximate surface area is 189 Å². The molecule has 0 saturated carbocycles. The lowest BCUT2D eigenvalue weighted by molar-refractivity contribution is -0.117. The molecule has 0 radical (unpaired) electrons. The van der Waals surface area contributed by atoms with E-state index in [1.807, 2.05) is 43.3 Å². The molecule has 1 heterocycles. The highest BCUT2D eigenvalue weighted by molar-refractivity contribution is 6.20. The monoisotopic (exact) mass is 428 g/mol. The number of carbonyl (C=O) groups excluding carboxylic acids is 2. The summed E-state index contributed by atoms with van der Waals surface area (Å²) in [6.07, 6.45) is 1.77. The van der Waals surface area contributed by atoms with Gasteiger partial charge >= 0.3 is 0 Å². The molecule has 0 atom stereocenters. The molecule has 0 aliphatic carbocycles. The van der Waals surface area contributed by atoms with Crippen LogP contribution >= 0.6 is 0 Å². The zero-order valence-electron chi connectivity index (χ0n) is 19.0. The molecule has 6 heteroatoms. The summed E-state index contributed by atoms with van der Waals surface area (Å²) in [5, 5.41) is 15.3. The van der Waals surface area contributed by atoms with Crippen molar-refractivity contribution in [2.75, 3.05) is 6.54 Å². The van der Waals surface area contributed by atoms with Gasteiger partial charge in [0.15, 0.2) is 0 Å². The number of amidine groups is 1. The number of benzene rings is 2. The van der Waals surface area contributed by atoms with E-state index in [-0.39, 0.29) is 22.6 Å². The van der Waals surface area contributed by atoms with Gasteiger partial charge < -0.3 is 10.6 Å². The van der Waals surface area contributed by atoms with Crippen molar-refractivity contribution in [2.24, 2.45) is 4.99 Å². The van der Waals surface area contributed by atoms with Crippen molar-refractivity contribution in [1.29, 1.82) is 5.26 Å². The van der Waals surface area contributed by atoms with Crippen LogP contribution in [0.5, 0.6) is 0 Å². The zero-order valence-corrected chi connectivity index (χ0v) is 19.0. The van der Waals surface area contributed by atoms with Gasteiger partial charge in [0.1, 0.15) is 17.5 Å². The average Bonchev–Trinajstić information content (AvgIpc) is 3.12. The van der Waals surface area contributed by atoms with Crippen LogP contribution in [0.25, 0.3) is 5.70 Å². The Balaban J connectivity index is 1.90. The minimum atomic E-state index is -0.458. The van der Waals surface area contributed by atoms with Gasteiger partial charge in [0, 0.05) is 23.2 Å². The van der Waals surface area contributed by atoms with Crippen molar-refractivity contribution >= 4 is 23.3 Å². The second-order valence-electron chi connectivity index (χ2n) is 8.73. The van der Waals surface area contributed by atoms with Gasteiger partial charge in [0.2, 0.25) is 0 Å². The molecule has 3 rings (SSSR count). The van der Waals surface area contributed by atoms with Gasteiger partial charge in [-0.15, -0.1) is 0 Å². The highest BCUT2D eigenvalue weighted by atomic mass is 16.2. The first-order chi connectivity index (χ1) is 15.3. The molecular weight excluding hydrogens is 400 g/mol. The standard InChI is InChI=1S/C26H28N4O2/c1-5-6-15-28-25(32)21(16-27)22-19-9-7-8-10-20(19)23(29-22)30-24(31)17-11-13-18(14-12-17)26(2,3)4/h7-14H,5-6,15H2,1-4H3,(H,28,32)(H,29,30,31)/b22-21-. The molecule has 6 nitrogen and oxygen atoms in total. The molecule has 2 N–H and O–H groups in total. The van der Waals surface area contributed by atoms with E-state index in [1.54, 1.807) is 18.2 Å². The Morgan fingerprint density at radius 2 is 1.69 bits per heavy atom. The summed E-state index contributed by atoms with van der Waals surface area (Å²) in [5.74, 6) is -0.430. The molecule has 2 aromatic rings. The van der Waals surface area contributed by atoms with Crippen molar-refractivity contribution in [1.82, 2.24) is 10.6 Å². The molecule has 32 heavy (non-hydrogen) atoms. The van der Waals surface area contributed by atoms with Crippen LogP contribution in [0.2, 0.25) is 0 Å². The number of nitrogens with zero attached hydrogens (tertiary/aromatic N) is 2. The Kier molecular flexibility index (Phi) is 6.89. The summed E-state index contributed by atoms with van der Waals surface area (Å²) in [5.41, 5.74) is 3.17. The fraction of sp³-hybridized carbons (Fsp3) is 0.308. The van der Waals surface area contributed by atoms with Crippen LogP contribution in [0.1, 0.15) is 67.6 Å². The van der Waals surface area contributed by atoms with E-state index >= 15 is 0 Å². The SMILES string of the molecule is CCCCNC(=O)/C(C#N)=C1\N=C(NC(=O)c2ccc(C(C)(C)C)cc2)c2ccccc21. The summed E-state index contributed by atoms with van der Waals surface area (Å²) in [4.78, 5) is 29.9. The van der Waals surface area contributed by atoms with E-state index in [4.69, 9.17) is 0 Å². The number of carbonyl (C=O) groups is 2. The maximum Gasteiger partial charge on any atom is 0.264 e. The number of unbranched alkanes of at least 4 members (excludes halogenated alkanes) is 1. The largest absolute Gasteiger partial charge is 0.351 e. The second kappa shape index (κ2) is 9.61. The molecule has 0 spiro atoms. The topological polar surface area (TPSA) is 94.3 Å². The van der Waals surface area contributed by atoms with E-state index in [0.29, 0.717) is 29.1 Å². The van der Waals surface area contributed by atoms with Gasteiger partial charge in [-0.1, -0.05) is 70.5 Å². The molecule has 2 aromatic carbocycles. The minimum Gasteiger partial charge on any atom is -0.351 e. The zero-order chi connectivity index (χ0) is 23.3. The third-order valence-electron chi connectivity index (χ3n) is 5.30. The first-order valence-corrected chi connectivity index (χ1v) is 10.8. The number of hydrogen-bond acceptors (Lipinski definition) is 4. The minimum absolute atomic E-state index is 0.00538. The van der Waals surface area contributed by atoms with Gasteiger partial charge in [0.25, 0.3) is 11.8 Å². The Morgan fingerprint density at radius 3 is 2.28 bits per heavy atom. The van der Waals surface area contributed by atoms with Gasteiger partial charge in [0.05, 0.1) is 5.70 Å². The molecule has 164 valence electrons. The van der Waals surface area contributed by atoms with E-state index in [9.17, 15) is 14.9 Å². The average molecular weight is 429 g/mol. The smallest absolute Gasteiger partial charge is 0.264 e. The Bertz CT molecular complexity index is 1130. The highest BCUT2D eigenvalue weighted by Gasteiger charge is 2.27. The molecule has 0 fully saturated rings. The molecule has 1 aliphatic rings. The molecule has 1 aliphatic heterocycles. The molecule has 2 amide bonds. The van der Waals surface area contributed by atoms with Crippen molar-refractivity contribution < 1.29 is 9.59 Å². The number of amides is 2. The summed E-state index contributed by atoms with van der Waals surface area (Å²) >= 11 is 0. The van der Waals surface area contributed by atoms with Crippen LogP contribution in [-0.4, -0.2) is 24.2 Å². The first-order valence-electron chi connectivity index (χ1n) is 10.8. The van der Waals surface area contributed by atoms with Crippen LogP contribution in [0.4, 0.5) is 0 Å². The van der Waals surface area contributed by atoms with Gasteiger partial charge in [-0.25, -0.2) is 4.99 Å². The first kappa shape index (κ1) is 23.0. The number of hydrogen-bond donors (Lipinski definition) is 2. The lowest BCUT2D eigenvalue weighted by Crippen LogP contribution is -2.30. The maximum atomic E-state index is 12.9. The Morgan fingerprint density at radius 1 is 1.03 bits per heavy atom. The number of nitriles is 1. The van der Waals surface area contributed by atoms with Crippen LogP contribution in [0, 0.1) is 11.3 Å². The lowest BCUT2D eigenvalue weighted by Gasteiger charge is -2.19. The fourth-order valence-electron chi connectivity index (χ4n) is 3.39. The van der Waals surface area contributed by atoms with E-state index in [1.165, 1.54) is 0 Å².